The molecule has 10 heteroatoms. The Labute approximate surface area is 272 Å². The van der Waals surface area contributed by atoms with Gasteiger partial charge in [-0.25, -0.2) is 0 Å². The number of rotatable bonds is 12. The van der Waals surface area contributed by atoms with Crippen molar-refractivity contribution in [1.82, 2.24) is 4.90 Å². The number of carbonyl (C=O) groups is 3. The molecule has 3 amide bonds. The second-order valence-electron chi connectivity index (χ2n) is 11.9. The third-order valence-corrected chi connectivity index (χ3v) is 12.4. The highest BCUT2D eigenvalue weighted by molar-refractivity contribution is 9.09. The van der Waals surface area contributed by atoms with Crippen LogP contribution in [0.5, 0.6) is 5.75 Å². The molecule has 8 nitrogen and oxygen atoms in total. The molecule has 1 spiro atoms. The van der Waals surface area contributed by atoms with Crippen molar-refractivity contribution < 1.29 is 24.2 Å². The molecular weight excluding hydrogens is 642 g/mol. The molecule has 3 unspecified atom stereocenters. The highest BCUT2D eigenvalue weighted by Gasteiger charge is 2.76. The van der Waals surface area contributed by atoms with Crippen LogP contribution < -0.4 is 14.5 Å². The van der Waals surface area contributed by atoms with E-state index >= 15 is 0 Å². The Morgan fingerprint density at radius 2 is 1.66 bits per heavy atom. The van der Waals surface area contributed by atoms with Crippen LogP contribution >= 0.6 is 27.7 Å². The number of amides is 3. The van der Waals surface area contributed by atoms with Crippen molar-refractivity contribution in [3.8, 4) is 5.75 Å². The molecule has 1 N–H and O–H groups in total. The molecular formula is C34H40BrN3O5S. The molecule has 3 aliphatic heterocycles. The van der Waals surface area contributed by atoms with Gasteiger partial charge >= 0.3 is 0 Å². The van der Waals surface area contributed by atoms with Crippen LogP contribution in [0.4, 0.5) is 11.4 Å². The first kappa shape index (κ1) is 32.3. The summed E-state index contributed by atoms with van der Waals surface area (Å²) >= 11 is 5.45. The van der Waals surface area contributed by atoms with Crippen molar-refractivity contribution in [2.45, 2.75) is 47.2 Å². The number of carbonyl (C=O) groups excluding carboxylic acids is 3. The van der Waals surface area contributed by atoms with Gasteiger partial charge in [0.15, 0.2) is 0 Å². The molecule has 3 heterocycles. The molecule has 3 aliphatic rings. The lowest BCUT2D eigenvalue weighted by molar-refractivity contribution is -0.142. The van der Waals surface area contributed by atoms with E-state index in [0.717, 1.165) is 5.69 Å². The van der Waals surface area contributed by atoms with E-state index in [2.05, 4.69) is 29.1 Å². The predicted molar refractivity (Wildman–Crippen MR) is 179 cm³/mol. The van der Waals surface area contributed by atoms with Gasteiger partial charge in [0, 0.05) is 34.5 Å². The predicted octanol–water partition coefficient (Wildman–Crippen LogP) is 4.91. The number of hydrogen-bond donors (Lipinski definition) is 1. The number of thioether (sulfide) groups is 1. The number of para-hydroxylation sites is 1. The van der Waals surface area contributed by atoms with Crippen molar-refractivity contribution in [2.24, 2.45) is 17.8 Å². The van der Waals surface area contributed by atoms with Crippen molar-refractivity contribution in [3.05, 3.63) is 79.9 Å². The van der Waals surface area contributed by atoms with Crippen LogP contribution in [0.2, 0.25) is 0 Å². The summed E-state index contributed by atoms with van der Waals surface area (Å²) in [6.45, 7) is 11.9. The number of anilines is 2. The standard InChI is InChI=1S/C34H40BrN3O5S/c1-6-17-36(22-11-9-8-10-12-22)31(40)27-28-32(41)38(26(20-39)21(3)4)30(34(28)19-25(35)29(27)44-34)33(42)37(18-7-2)23-13-15-24(43-5)16-14-23/h6-16,21,25-30,39H,1-2,17-20H2,3-5H3/t25?,26-,27-,28-,29-,30?,34?/m0/s1. The largest absolute Gasteiger partial charge is 0.497 e. The maximum absolute atomic E-state index is 14.9. The van der Waals surface area contributed by atoms with E-state index in [-0.39, 0.29) is 46.9 Å². The number of benzene rings is 2. The fourth-order valence-electron chi connectivity index (χ4n) is 7.21. The minimum Gasteiger partial charge on any atom is -0.497 e. The molecule has 2 bridgehead atoms. The first-order valence-electron chi connectivity index (χ1n) is 14.9. The Bertz CT molecular complexity index is 1410. The molecule has 234 valence electrons. The SMILES string of the molecule is C=CCN(C(=O)C1N([C@@H](CO)C(C)C)C(=O)[C@@H]2[C@H](C(=O)N(CC=C)c3ccccc3)[C@H]3SC12CC3Br)c1ccc(OC)cc1. The Hall–Kier alpha value is -3.08. The number of likely N-dealkylation sites (tertiary alicyclic amines) is 1. The molecule has 5 rings (SSSR count). The maximum Gasteiger partial charge on any atom is 0.251 e. The van der Waals surface area contributed by atoms with Crippen molar-refractivity contribution >= 4 is 56.8 Å². The normalized spacial score (nSPS) is 27.6. The van der Waals surface area contributed by atoms with Crippen molar-refractivity contribution in [2.75, 3.05) is 36.6 Å². The summed E-state index contributed by atoms with van der Waals surface area (Å²) in [5.41, 5.74) is 1.38. The molecule has 0 aromatic heterocycles. The van der Waals surface area contributed by atoms with E-state index in [9.17, 15) is 19.5 Å². The number of aliphatic hydroxyl groups is 1. The van der Waals surface area contributed by atoms with E-state index in [1.54, 1.807) is 57.9 Å². The summed E-state index contributed by atoms with van der Waals surface area (Å²) in [6, 6.07) is 15.1. The zero-order chi connectivity index (χ0) is 31.8. The number of fused-ring (bicyclic) bond motifs is 1. The zero-order valence-electron chi connectivity index (χ0n) is 25.3. The van der Waals surface area contributed by atoms with E-state index in [4.69, 9.17) is 4.74 Å². The molecule has 3 fully saturated rings. The van der Waals surface area contributed by atoms with Gasteiger partial charge in [0.2, 0.25) is 11.8 Å². The van der Waals surface area contributed by atoms with Crippen LogP contribution in [-0.2, 0) is 14.4 Å². The minimum atomic E-state index is -0.890. The smallest absolute Gasteiger partial charge is 0.251 e. The summed E-state index contributed by atoms with van der Waals surface area (Å²) < 4.78 is 4.46. The van der Waals surface area contributed by atoms with Gasteiger partial charge in [-0.1, -0.05) is 60.1 Å². The summed E-state index contributed by atoms with van der Waals surface area (Å²) in [4.78, 5) is 49.0. The Morgan fingerprint density at radius 1 is 1.07 bits per heavy atom. The van der Waals surface area contributed by atoms with Crippen molar-refractivity contribution in [3.63, 3.8) is 0 Å². The Morgan fingerprint density at radius 3 is 2.20 bits per heavy atom. The number of alkyl halides is 1. The third kappa shape index (κ3) is 5.28. The zero-order valence-corrected chi connectivity index (χ0v) is 27.7. The highest BCUT2D eigenvalue weighted by atomic mass is 79.9. The number of nitrogens with zero attached hydrogens (tertiary/aromatic N) is 3. The molecule has 44 heavy (non-hydrogen) atoms. The average molecular weight is 683 g/mol. The molecule has 3 saturated heterocycles. The van der Waals surface area contributed by atoms with Crippen LogP contribution in [-0.4, -0.2) is 81.4 Å². The van der Waals surface area contributed by atoms with Crippen LogP contribution in [0.15, 0.2) is 79.9 Å². The minimum absolute atomic E-state index is 0.0810. The molecule has 2 aromatic rings. The fraction of sp³-hybridized carbons (Fsp3) is 0.441. The second kappa shape index (κ2) is 13.1. The Balaban J connectivity index is 1.62. The van der Waals surface area contributed by atoms with Gasteiger partial charge in [-0.2, -0.15) is 0 Å². The van der Waals surface area contributed by atoms with E-state index in [1.807, 2.05) is 56.3 Å². The van der Waals surface area contributed by atoms with Gasteiger partial charge in [-0.3, -0.25) is 14.4 Å². The number of ether oxygens (including phenoxy) is 1. The summed E-state index contributed by atoms with van der Waals surface area (Å²) in [6.07, 6.45) is 3.89. The van der Waals surface area contributed by atoms with Gasteiger partial charge in [-0.15, -0.1) is 24.9 Å². The monoisotopic (exact) mass is 681 g/mol. The quantitative estimate of drug-likeness (QED) is 0.253. The lowest BCUT2D eigenvalue weighted by atomic mass is 9.70. The van der Waals surface area contributed by atoms with E-state index in [0.29, 0.717) is 24.4 Å². The molecule has 0 radical (unpaired) electrons. The van der Waals surface area contributed by atoms with Crippen LogP contribution in [0.25, 0.3) is 0 Å². The summed E-state index contributed by atoms with van der Waals surface area (Å²) in [5.74, 6) is -1.51. The van der Waals surface area contributed by atoms with Gasteiger partial charge in [0.25, 0.3) is 5.91 Å². The van der Waals surface area contributed by atoms with E-state index in [1.165, 1.54) is 0 Å². The number of aliphatic hydroxyl groups excluding tert-OH is 1. The van der Waals surface area contributed by atoms with Crippen molar-refractivity contribution in [1.29, 1.82) is 0 Å². The van der Waals surface area contributed by atoms with Gasteiger partial charge < -0.3 is 24.5 Å². The lowest BCUT2D eigenvalue weighted by Gasteiger charge is -2.41. The molecule has 7 atom stereocenters. The van der Waals surface area contributed by atoms with Gasteiger partial charge in [-0.05, 0) is 48.7 Å². The van der Waals surface area contributed by atoms with E-state index < -0.39 is 28.7 Å². The maximum atomic E-state index is 14.9. The first-order chi connectivity index (χ1) is 21.1. The second-order valence-corrected chi connectivity index (χ2v) is 14.6. The topological polar surface area (TPSA) is 90.4 Å². The number of halogens is 1. The average Bonchev–Trinajstić information content (AvgIpc) is 3.62. The van der Waals surface area contributed by atoms with Gasteiger partial charge in [0.05, 0.1) is 36.3 Å². The van der Waals surface area contributed by atoms with Crippen LogP contribution in [0, 0.1) is 17.8 Å². The molecule has 2 aromatic carbocycles. The lowest BCUT2D eigenvalue weighted by Crippen LogP contribution is -2.59. The van der Waals surface area contributed by atoms with Gasteiger partial charge in [0.1, 0.15) is 11.8 Å². The fourth-order valence-corrected chi connectivity index (χ4v) is 10.8. The number of hydrogen-bond acceptors (Lipinski definition) is 6. The van der Waals surface area contributed by atoms with Crippen LogP contribution in [0.3, 0.4) is 0 Å². The Kier molecular flexibility index (Phi) is 9.63. The van der Waals surface area contributed by atoms with Crippen LogP contribution in [0.1, 0.15) is 20.3 Å². The first-order valence-corrected chi connectivity index (χ1v) is 16.7. The summed E-state index contributed by atoms with van der Waals surface area (Å²) in [7, 11) is 1.58. The highest BCUT2D eigenvalue weighted by Crippen LogP contribution is 2.68. The summed E-state index contributed by atoms with van der Waals surface area (Å²) in [5, 5.41) is 10.4. The third-order valence-electron chi connectivity index (χ3n) is 9.17. The molecule has 0 aliphatic carbocycles. The molecule has 0 saturated carbocycles. The number of methoxy groups -OCH3 is 1.